The second-order valence-corrected chi connectivity index (χ2v) is 5.74. The van der Waals surface area contributed by atoms with Gasteiger partial charge in [0, 0.05) is 9.65 Å². The molecule has 0 fully saturated rings. The van der Waals surface area contributed by atoms with Crippen LogP contribution in [-0.2, 0) is 11.4 Å². The van der Waals surface area contributed by atoms with E-state index in [2.05, 4.69) is 22.6 Å². The Bertz CT molecular complexity index is 678. The molecule has 4 nitrogen and oxygen atoms in total. The Labute approximate surface area is 142 Å². The number of hydrogen-bond donors (Lipinski definition) is 1. The van der Waals surface area contributed by atoms with E-state index in [9.17, 15) is 4.79 Å². The summed E-state index contributed by atoms with van der Waals surface area (Å²) in [5, 5.41) is 8.64. The minimum Gasteiger partial charge on any atom is -0.493 e. The van der Waals surface area contributed by atoms with Crippen LogP contribution >= 0.6 is 22.6 Å². The molecule has 1 N–H and O–H groups in total. The number of carboxylic acids is 1. The first-order valence-corrected chi connectivity index (χ1v) is 7.62. The van der Waals surface area contributed by atoms with Gasteiger partial charge in [0.25, 0.3) is 0 Å². The van der Waals surface area contributed by atoms with E-state index >= 15 is 0 Å². The second kappa shape index (κ2) is 7.84. The third-order valence-electron chi connectivity index (χ3n) is 2.91. The molecule has 0 aliphatic rings. The molecule has 0 bridgehead atoms. The van der Waals surface area contributed by atoms with Crippen molar-refractivity contribution in [1.82, 2.24) is 0 Å². The summed E-state index contributed by atoms with van der Waals surface area (Å²) in [7, 11) is 1.55. The molecule has 2 aromatic rings. The van der Waals surface area contributed by atoms with E-state index in [1.807, 2.05) is 24.3 Å². The van der Waals surface area contributed by atoms with Gasteiger partial charge in [-0.3, -0.25) is 0 Å². The number of aliphatic carboxylic acids is 1. The fourth-order valence-corrected chi connectivity index (χ4v) is 2.18. The zero-order valence-corrected chi connectivity index (χ0v) is 14.1. The molecule has 0 aliphatic heterocycles. The lowest BCUT2D eigenvalue weighted by molar-refractivity contribution is -0.131. The molecule has 0 atom stereocenters. The van der Waals surface area contributed by atoms with E-state index in [0.717, 1.165) is 17.2 Å². The van der Waals surface area contributed by atoms with Gasteiger partial charge in [0.05, 0.1) is 7.11 Å². The fraction of sp³-hybridized carbons (Fsp3) is 0.118. The third-order valence-corrected chi connectivity index (χ3v) is 3.63. The second-order valence-electron chi connectivity index (χ2n) is 4.50. The first kappa shape index (κ1) is 16.4. The van der Waals surface area contributed by atoms with Crippen LogP contribution in [0.4, 0.5) is 0 Å². The highest BCUT2D eigenvalue weighted by atomic mass is 127. The summed E-state index contributed by atoms with van der Waals surface area (Å²) in [4.78, 5) is 10.5. The van der Waals surface area contributed by atoms with Crippen molar-refractivity contribution in [2.45, 2.75) is 6.61 Å². The molecule has 0 heterocycles. The predicted molar refractivity (Wildman–Crippen MR) is 93.2 cm³/mol. The van der Waals surface area contributed by atoms with E-state index in [1.54, 1.807) is 25.3 Å². The molecular weight excluding hydrogens is 395 g/mol. The van der Waals surface area contributed by atoms with Crippen molar-refractivity contribution >= 4 is 34.6 Å². The molecule has 5 heteroatoms. The first-order chi connectivity index (χ1) is 10.6. The first-order valence-electron chi connectivity index (χ1n) is 6.55. The van der Waals surface area contributed by atoms with E-state index in [0.29, 0.717) is 18.1 Å². The van der Waals surface area contributed by atoms with Crippen LogP contribution in [-0.4, -0.2) is 18.2 Å². The number of carbonyl (C=O) groups is 1. The van der Waals surface area contributed by atoms with Crippen LogP contribution in [0.2, 0.25) is 0 Å². The Morgan fingerprint density at radius 3 is 2.55 bits per heavy atom. The summed E-state index contributed by atoms with van der Waals surface area (Å²) in [6, 6.07) is 13.4. The molecule has 2 aromatic carbocycles. The van der Waals surface area contributed by atoms with E-state index < -0.39 is 5.97 Å². The number of benzene rings is 2. The monoisotopic (exact) mass is 410 g/mol. The summed E-state index contributed by atoms with van der Waals surface area (Å²) in [6.45, 7) is 0.442. The topological polar surface area (TPSA) is 55.8 Å². The standard InChI is InChI=1S/C17H15IO4/c1-21-16-10-12(5-9-17(19)20)4-8-15(16)22-11-13-2-6-14(18)7-3-13/h2-10H,11H2,1H3,(H,19,20). The Balaban J connectivity index is 2.10. The lowest BCUT2D eigenvalue weighted by Gasteiger charge is -2.11. The Hall–Kier alpha value is -2.02. The maximum absolute atomic E-state index is 10.5. The van der Waals surface area contributed by atoms with E-state index in [4.69, 9.17) is 14.6 Å². The summed E-state index contributed by atoms with van der Waals surface area (Å²) in [5.74, 6) is 0.199. The van der Waals surface area contributed by atoms with Gasteiger partial charge in [-0.2, -0.15) is 0 Å². The zero-order valence-electron chi connectivity index (χ0n) is 12.0. The summed E-state index contributed by atoms with van der Waals surface area (Å²) in [5.41, 5.74) is 1.80. The number of carboxylic acid groups (broad SMARTS) is 1. The van der Waals surface area contributed by atoms with Crippen molar-refractivity contribution in [3.8, 4) is 11.5 Å². The molecule has 0 amide bonds. The zero-order chi connectivity index (χ0) is 15.9. The van der Waals surface area contributed by atoms with Gasteiger partial charge < -0.3 is 14.6 Å². The van der Waals surface area contributed by atoms with Gasteiger partial charge in [0.1, 0.15) is 6.61 Å². The molecule has 2 rings (SSSR count). The molecule has 0 saturated heterocycles. The normalized spacial score (nSPS) is 10.6. The molecule has 114 valence electrons. The van der Waals surface area contributed by atoms with Crippen molar-refractivity contribution in [3.05, 3.63) is 63.2 Å². The summed E-state index contributed by atoms with van der Waals surface area (Å²) in [6.07, 6.45) is 2.59. The molecule has 22 heavy (non-hydrogen) atoms. The number of ether oxygens (including phenoxy) is 2. The van der Waals surface area contributed by atoms with Crippen LogP contribution in [0.5, 0.6) is 11.5 Å². The third kappa shape index (κ3) is 4.77. The van der Waals surface area contributed by atoms with Gasteiger partial charge in [-0.15, -0.1) is 0 Å². The molecule has 0 saturated carbocycles. The van der Waals surface area contributed by atoms with E-state index in [1.165, 1.54) is 9.65 Å². The van der Waals surface area contributed by atoms with Gasteiger partial charge in [-0.25, -0.2) is 4.79 Å². The van der Waals surface area contributed by atoms with E-state index in [-0.39, 0.29) is 0 Å². The lowest BCUT2D eigenvalue weighted by Crippen LogP contribution is -1.98. The minimum absolute atomic E-state index is 0.442. The number of methoxy groups -OCH3 is 1. The van der Waals surface area contributed by atoms with Gasteiger partial charge in [0.15, 0.2) is 11.5 Å². The Morgan fingerprint density at radius 2 is 1.91 bits per heavy atom. The molecule has 0 aromatic heterocycles. The highest BCUT2D eigenvalue weighted by Gasteiger charge is 2.05. The lowest BCUT2D eigenvalue weighted by atomic mass is 10.2. The molecule has 0 radical (unpaired) electrons. The quantitative estimate of drug-likeness (QED) is 0.579. The number of halogens is 1. The van der Waals surface area contributed by atoms with Crippen LogP contribution < -0.4 is 9.47 Å². The minimum atomic E-state index is -0.988. The largest absolute Gasteiger partial charge is 0.493 e. The highest BCUT2D eigenvalue weighted by molar-refractivity contribution is 14.1. The number of rotatable bonds is 6. The molecular formula is C17H15IO4. The Morgan fingerprint density at radius 1 is 1.18 bits per heavy atom. The van der Waals surface area contributed by atoms with Gasteiger partial charge in [-0.1, -0.05) is 18.2 Å². The van der Waals surface area contributed by atoms with Crippen molar-refractivity contribution < 1.29 is 19.4 Å². The van der Waals surface area contributed by atoms with Crippen molar-refractivity contribution in [1.29, 1.82) is 0 Å². The summed E-state index contributed by atoms with van der Waals surface area (Å²) >= 11 is 2.25. The van der Waals surface area contributed by atoms with Gasteiger partial charge in [-0.05, 0) is 64.1 Å². The van der Waals surface area contributed by atoms with Crippen molar-refractivity contribution in [3.63, 3.8) is 0 Å². The van der Waals surface area contributed by atoms with Crippen LogP contribution in [0.1, 0.15) is 11.1 Å². The van der Waals surface area contributed by atoms with Crippen LogP contribution in [0.3, 0.4) is 0 Å². The van der Waals surface area contributed by atoms with Crippen LogP contribution in [0.25, 0.3) is 6.08 Å². The fourth-order valence-electron chi connectivity index (χ4n) is 1.82. The maximum atomic E-state index is 10.5. The molecule has 0 spiro atoms. The van der Waals surface area contributed by atoms with Crippen molar-refractivity contribution in [2.75, 3.05) is 7.11 Å². The van der Waals surface area contributed by atoms with Gasteiger partial charge in [0.2, 0.25) is 0 Å². The molecule has 0 aliphatic carbocycles. The average molecular weight is 410 g/mol. The van der Waals surface area contributed by atoms with Crippen molar-refractivity contribution in [2.24, 2.45) is 0 Å². The predicted octanol–water partition coefficient (Wildman–Crippen LogP) is 3.98. The summed E-state index contributed by atoms with van der Waals surface area (Å²) < 4.78 is 12.2. The number of hydrogen-bond acceptors (Lipinski definition) is 3. The highest BCUT2D eigenvalue weighted by Crippen LogP contribution is 2.29. The van der Waals surface area contributed by atoms with Gasteiger partial charge >= 0.3 is 5.97 Å². The smallest absolute Gasteiger partial charge is 0.328 e. The Kier molecular flexibility index (Phi) is 5.83. The average Bonchev–Trinajstić information content (AvgIpc) is 2.52. The molecule has 0 unspecified atom stereocenters. The van der Waals surface area contributed by atoms with Crippen LogP contribution in [0, 0.1) is 3.57 Å². The SMILES string of the molecule is COc1cc(C=CC(=O)O)ccc1OCc1ccc(I)cc1. The maximum Gasteiger partial charge on any atom is 0.328 e. The van der Waals surface area contributed by atoms with Crippen LogP contribution in [0.15, 0.2) is 48.5 Å².